The second kappa shape index (κ2) is 12.0. The molecule has 0 aliphatic heterocycles. The van der Waals surface area contributed by atoms with E-state index in [-0.39, 0.29) is 0 Å². The molecule has 0 aliphatic rings. The van der Waals surface area contributed by atoms with E-state index >= 15 is 0 Å². The lowest BCUT2D eigenvalue weighted by atomic mass is 9.99. The third-order valence-corrected chi connectivity index (χ3v) is 5.35. The molecule has 0 atom stereocenters. The molecule has 0 amide bonds. The fourth-order valence-electron chi connectivity index (χ4n) is 3.65. The molecule has 6 nitrogen and oxygen atoms in total. The van der Waals surface area contributed by atoms with Gasteiger partial charge in [-0.15, -0.1) is 0 Å². The number of nitrogens with zero attached hydrogens (tertiary/aromatic N) is 3. The van der Waals surface area contributed by atoms with Gasteiger partial charge in [0.15, 0.2) is 0 Å². The fraction of sp³-hybridized carbons (Fsp3) is 0.250. The molecule has 0 N–H and O–H groups in total. The molecule has 1 heterocycles. The molecular weight excluding hydrogens is 462 g/mol. The van der Waals surface area contributed by atoms with E-state index in [1.165, 1.54) is 13.5 Å². The van der Waals surface area contributed by atoms with Crippen LogP contribution in [0.5, 0.6) is 6.01 Å². The second-order valence-corrected chi connectivity index (χ2v) is 8.22. The molecule has 4 aromatic rings. The molecule has 0 fully saturated rings. The first-order valence-electron chi connectivity index (χ1n) is 11.5. The maximum atomic E-state index is 12.3. The van der Waals surface area contributed by atoms with Crippen LogP contribution in [0.3, 0.4) is 0 Å². The first kappa shape index (κ1) is 25.8. The number of esters is 1. The molecule has 4 rings (SSSR count). The molecule has 0 aliphatic carbocycles. The number of hydrogen-bond donors (Lipinski definition) is 0. The predicted octanol–water partition coefficient (Wildman–Crippen LogP) is 6.88. The monoisotopic (exact) mass is 489 g/mol. The van der Waals surface area contributed by atoms with E-state index in [0.29, 0.717) is 46.3 Å². The Morgan fingerprint density at radius 3 is 2.43 bits per heavy atom. The summed E-state index contributed by atoms with van der Waals surface area (Å²) in [6.45, 7) is 7.03. The minimum Gasteiger partial charge on any atom is -0.465 e. The average Bonchev–Trinajstić information content (AvgIpc) is 3.21. The van der Waals surface area contributed by atoms with Crippen LogP contribution >= 0.6 is 11.6 Å². The number of carbonyl (C=O) groups excluding carboxylic acids is 1. The van der Waals surface area contributed by atoms with Gasteiger partial charge in [0.25, 0.3) is 6.01 Å². The van der Waals surface area contributed by atoms with Crippen molar-refractivity contribution in [3.05, 3.63) is 82.4 Å². The maximum Gasteiger partial charge on any atom is 0.340 e. The van der Waals surface area contributed by atoms with E-state index in [1.807, 2.05) is 41.8 Å². The highest BCUT2D eigenvalue weighted by Gasteiger charge is 2.19. The van der Waals surface area contributed by atoms with Gasteiger partial charge in [0.05, 0.1) is 48.5 Å². The van der Waals surface area contributed by atoms with Crippen molar-refractivity contribution in [2.24, 2.45) is 0 Å². The molecular formula is C28H28ClN3O3. The zero-order valence-corrected chi connectivity index (χ0v) is 21.1. The fourth-order valence-corrected chi connectivity index (χ4v) is 3.82. The molecule has 0 saturated carbocycles. The van der Waals surface area contributed by atoms with Gasteiger partial charge in [-0.2, -0.15) is 10.2 Å². The number of fused-ring (bicyclic) bond motifs is 1. The Labute approximate surface area is 210 Å². The minimum atomic E-state index is -0.430. The summed E-state index contributed by atoms with van der Waals surface area (Å²) in [7, 11) is 1.36. The lowest BCUT2D eigenvalue weighted by Crippen LogP contribution is -2.09. The van der Waals surface area contributed by atoms with Crippen LogP contribution in [0, 0.1) is 11.3 Å². The number of rotatable bonds is 6. The van der Waals surface area contributed by atoms with Gasteiger partial charge in [0.1, 0.15) is 0 Å². The zero-order valence-electron chi connectivity index (χ0n) is 20.3. The molecule has 0 radical (unpaired) electrons. The Morgan fingerprint density at radius 1 is 1.09 bits per heavy atom. The first-order chi connectivity index (χ1) is 17.0. The highest BCUT2D eigenvalue weighted by atomic mass is 35.5. The summed E-state index contributed by atoms with van der Waals surface area (Å²) in [5, 5.41) is 9.99. The third kappa shape index (κ3) is 5.82. The van der Waals surface area contributed by atoms with Crippen LogP contribution in [0.4, 0.5) is 0 Å². The molecule has 7 heteroatoms. The summed E-state index contributed by atoms with van der Waals surface area (Å²) in [5.74, 6) is -0.430. The van der Waals surface area contributed by atoms with Crippen molar-refractivity contribution in [1.82, 2.24) is 9.55 Å². The van der Waals surface area contributed by atoms with Crippen molar-refractivity contribution in [2.75, 3.05) is 13.7 Å². The van der Waals surface area contributed by atoms with E-state index in [0.717, 1.165) is 16.7 Å². The van der Waals surface area contributed by atoms with Gasteiger partial charge in [0.2, 0.25) is 0 Å². The van der Waals surface area contributed by atoms with Gasteiger partial charge in [-0.1, -0.05) is 62.2 Å². The van der Waals surface area contributed by atoms with Gasteiger partial charge in [-0.3, -0.25) is 4.57 Å². The van der Waals surface area contributed by atoms with Crippen LogP contribution in [-0.2, 0) is 11.3 Å². The Hall–Kier alpha value is -3.82. The number of methoxy groups -OCH3 is 1. The van der Waals surface area contributed by atoms with Crippen molar-refractivity contribution in [3.63, 3.8) is 0 Å². The zero-order chi connectivity index (χ0) is 25.4. The molecule has 35 heavy (non-hydrogen) atoms. The summed E-state index contributed by atoms with van der Waals surface area (Å²) >= 11 is 6.13. The molecule has 0 bridgehead atoms. The molecule has 0 spiro atoms. The predicted molar refractivity (Wildman–Crippen MR) is 139 cm³/mol. The number of nitriles is 1. The normalized spacial score (nSPS) is 10.3. The standard InChI is InChI=1S/C25H20ClN3O3.C3H8/c1-3-32-25-28-22-6-4-5-20(24(30)31-2)23(22)29(25)15-16-7-9-17(10-8-16)21-13-19(26)12-11-18(21)14-27;1-3-2/h4-13H,3,15H2,1-2H3;3H2,1-2H3. The number of aromatic nitrogens is 2. The van der Waals surface area contributed by atoms with Crippen LogP contribution in [0.1, 0.15) is 48.7 Å². The third-order valence-electron chi connectivity index (χ3n) is 5.12. The summed E-state index contributed by atoms with van der Waals surface area (Å²) in [6, 6.07) is 21.0. The van der Waals surface area contributed by atoms with E-state index in [2.05, 4.69) is 24.9 Å². The van der Waals surface area contributed by atoms with Crippen LogP contribution in [-0.4, -0.2) is 29.2 Å². The van der Waals surface area contributed by atoms with Crippen LogP contribution in [0.25, 0.3) is 22.2 Å². The summed E-state index contributed by atoms with van der Waals surface area (Å²) in [4.78, 5) is 16.9. The topological polar surface area (TPSA) is 77.1 Å². The number of carbonyl (C=O) groups is 1. The van der Waals surface area contributed by atoms with Crippen molar-refractivity contribution in [1.29, 1.82) is 5.26 Å². The largest absolute Gasteiger partial charge is 0.465 e. The van der Waals surface area contributed by atoms with Gasteiger partial charge < -0.3 is 9.47 Å². The van der Waals surface area contributed by atoms with Gasteiger partial charge >= 0.3 is 5.97 Å². The number of hydrogen-bond acceptors (Lipinski definition) is 5. The summed E-state index contributed by atoms with van der Waals surface area (Å²) in [5.41, 5.74) is 4.96. The van der Waals surface area contributed by atoms with Gasteiger partial charge in [-0.05, 0) is 48.4 Å². The number of benzene rings is 3. The molecule has 1 aromatic heterocycles. The van der Waals surface area contributed by atoms with Crippen molar-refractivity contribution in [3.8, 4) is 23.2 Å². The van der Waals surface area contributed by atoms with Crippen molar-refractivity contribution >= 4 is 28.6 Å². The lowest BCUT2D eigenvalue weighted by molar-refractivity contribution is 0.0602. The van der Waals surface area contributed by atoms with E-state index in [9.17, 15) is 10.1 Å². The summed E-state index contributed by atoms with van der Waals surface area (Å²) < 4.78 is 12.6. The SMILES string of the molecule is CCC.CCOc1nc2cccc(C(=O)OC)c2n1Cc1ccc(-c2cc(Cl)ccc2C#N)cc1. The molecule has 3 aromatic carbocycles. The van der Waals surface area contributed by atoms with E-state index < -0.39 is 5.97 Å². The number of imidazole rings is 1. The van der Waals surface area contributed by atoms with Crippen molar-refractivity contribution in [2.45, 2.75) is 33.7 Å². The Kier molecular flexibility index (Phi) is 8.88. The van der Waals surface area contributed by atoms with Gasteiger partial charge in [-0.25, -0.2) is 4.79 Å². The smallest absolute Gasteiger partial charge is 0.340 e. The highest BCUT2D eigenvalue weighted by molar-refractivity contribution is 6.30. The van der Waals surface area contributed by atoms with Crippen molar-refractivity contribution < 1.29 is 14.3 Å². The minimum absolute atomic E-state index is 0.428. The van der Waals surface area contributed by atoms with Crippen LogP contribution in [0.2, 0.25) is 5.02 Å². The van der Waals surface area contributed by atoms with Gasteiger partial charge in [0, 0.05) is 10.6 Å². The number of halogens is 1. The van der Waals surface area contributed by atoms with Crippen LogP contribution < -0.4 is 4.74 Å². The maximum absolute atomic E-state index is 12.3. The molecule has 180 valence electrons. The Bertz CT molecular complexity index is 1350. The Balaban J connectivity index is 0.00000108. The lowest BCUT2D eigenvalue weighted by Gasteiger charge is -2.12. The first-order valence-corrected chi connectivity index (χ1v) is 11.8. The number of ether oxygens (including phenoxy) is 2. The number of para-hydroxylation sites is 1. The molecule has 0 unspecified atom stereocenters. The quantitative estimate of drug-likeness (QED) is 0.276. The van der Waals surface area contributed by atoms with E-state index in [1.54, 1.807) is 30.3 Å². The average molecular weight is 490 g/mol. The van der Waals surface area contributed by atoms with E-state index in [4.69, 9.17) is 21.1 Å². The molecule has 0 saturated heterocycles. The highest BCUT2D eigenvalue weighted by Crippen LogP contribution is 2.29. The Morgan fingerprint density at radius 2 is 1.80 bits per heavy atom. The van der Waals surface area contributed by atoms with Crippen LogP contribution in [0.15, 0.2) is 60.7 Å². The second-order valence-electron chi connectivity index (χ2n) is 7.78. The summed E-state index contributed by atoms with van der Waals surface area (Å²) in [6.07, 6.45) is 1.25.